The summed E-state index contributed by atoms with van der Waals surface area (Å²) < 4.78 is 0. The van der Waals surface area contributed by atoms with Crippen LogP contribution in [0.1, 0.15) is 50.1 Å². The number of nitrogens with two attached hydrogens (primary N) is 1. The number of hydrogen-bond donors (Lipinski definition) is 2. The maximum absolute atomic E-state index is 12.6. The normalized spacial score (nSPS) is 23.2. The van der Waals surface area contributed by atoms with Crippen LogP contribution in [0, 0.1) is 0 Å². The number of para-hydroxylation sites is 1. The largest absolute Gasteiger partial charge is 0.335 e. The van der Waals surface area contributed by atoms with E-state index in [1.54, 1.807) is 0 Å². The molecule has 1 fully saturated rings. The molecule has 1 aliphatic carbocycles. The minimum Gasteiger partial charge on any atom is -0.335 e. The van der Waals surface area contributed by atoms with Crippen LogP contribution in [0.2, 0.25) is 0 Å². The summed E-state index contributed by atoms with van der Waals surface area (Å²) in [5.74, 6) is 0. The van der Waals surface area contributed by atoms with E-state index in [0.717, 1.165) is 43.5 Å². The lowest BCUT2D eigenvalue weighted by Gasteiger charge is -2.25. The summed E-state index contributed by atoms with van der Waals surface area (Å²) in [6, 6.07) is 8.46. The third-order valence-electron chi connectivity index (χ3n) is 4.45. The molecular weight excluding hydrogens is 250 g/mol. The van der Waals surface area contributed by atoms with Crippen LogP contribution in [0.5, 0.6) is 0 Å². The molecule has 0 radical (unpaired) electrons. The molecule has 1 atom stereocenters. The fraction of sp³-hybridized carbons (Fsp3) is 0.562. The van der Waals surface area contributed by atoms with Crippen LogP contribution in [0.4, 0.5) is 10.5 Å². The Balaban J connectivity index is 1.81. The Morgan fingerprint density at radius 3 is 2.70 bits per heavy atom. The van der Waals surface area contributed by atoms with Gasteiger partial charge in [-0.1, -0.05) is 31.0 Å². The lowest BCUT2D eigenvalue weighted by Crippen LogP contribution is -2.44. The SMILES string of the molecule is NC1CCCN(C(=O)NC2CCCC2)c2ccccc21. The summed E-state index contributed by atoms with van der Waals surface area (Å²) in [4.78, 5) is 14.4. The number of carbonyl (C=O) groups excluding carboxylic acids is 1. The molecule has 2 aliphatic rings. The van der Waals surface area contributed by atoms with Gasteiger partial charge in [-0.3, -0.25) is 4.90 Å². The lowest BCUT2D eigenvalue weighted by atomic mass is 10.0. The van der Waals surface area contributed by atoms with Gasteiger partial charge in [0, 0.05) is 18.6 Å². The number of benzene rings is 1. The van der Waals surface area contributed by atoms with Gasteiger partial charge in [-0.15, -0.1) is 0 Å². The number of fused-ring (bicyclic) bond motifs is 1. The first-order chi connectivity index (χ1) is 9.75. The monoisotopic (exact) mass is 273 g/mol. The number of hydrogen-bond acceptors (Lipinski definition) is 2. The predicted octanol–water partition coefficient (Wildman–Crippen LogP) is 2.94. The van der Waals surface area contributed by atoms with Gasteiger partial charge in [0.2, 0.25) is 0 Å². The molecule has 2 amide bonds. The standard InChI is InChI=1S/C16H23N3O/c17-14-9-5-11-19(15-10-4-3-8-13(14)15)16(20)18-12-6-1-2-7-12/h3-4,8,10,12,14H,1-2,5-7,9,11,17H2,(H,18,20). The molecule has 1 heterocycles. The third kappa shape index (κ3) is 2.66. The number of carbonyl (C=O) groups is 1. The van der Waals surface area contributed by atoms with Gasteiger partial charge in [-0.05, 0) is 37.3 Å². The van der Waals surface area contributed by atoms with Crippen LogP contribution in [-0.4, -0.2) is 18.6 Å². The summed E-state index contributed by atoms with van der Waals surface area (Å²) >= 11 is 0. The number of urea groups is 1. The average Bonchev–Trinajstić information content (AvgIpc) is 2.90. The second kappa shape index (κ2) is 5.83. The predicted molar refractivity (Wildman–Crippen MR) is 80.7 cm³/mol. The summed E-state index contributed by atoms with van der Waals surface area (Å²) in [5, 5.41) is 3.18. The number of amides is 2. The van der Waals surface area contributed by atoms with Crippen LogP contribution >= 0.6 is 0 Å². The summed E-state index contributed by atoms with van der Waals surface area (Å²) in [6.45, 7) is 0.753. The van der Waals surface area contributed by atoms with Gasteiger partial charge in [0.1, 0.15) is 0 Å². The maximum atomic E-state index is 12.6. The van der Waals surface area contributed by atoms with Gasteiger partial charge >= 0.3 is 6.03 Å². The number of nitrogens with one attached hydrogen (secondary N) is 1. The molecular formula is C16H23N3O. The summed E-state index contributed by atoms with van der Waals surface area (Å²) in [5.41, 5.74) is 8.28. The minimum atomic E-state index is 0.0375. The quantitative estimate of drug-likeness (QED) is 0.826. The molecule has 0 bridgehead atoms. The first-order valence-electron chi connectivity index (χ1n) is 7.68. The van der Waals surface area contributed by atoms with E-state index in [-0.39, 0.29) is 12.1 Å². The Hall–Kier alpha value is -1.55. The van der Waals surface area contributed by atoms with E-state index in [1.807, 2.05) is 29.2 Å². The van der Waals surface area contributed by atoms with Crippen molar-refractivity contribution in [3.8, 4) is 0 Å². The van der Waals surface area contributed by atoms with Crippen molar-refractivity contribution in [2.75, 3.05) is 11.4 Å². The Bertz CT molecular complexity index is 482. The van der Waals surface area contributed by atoms with E-state index < -0.39 is 0 Å². The number of nitrogens with zero attached hydrogens (tertiary/aromatic N) is 1. The fourth-order valence-corrected chi connectivity index (χ4v) is 3.33. The van der Waals surface area contributed by atoms with E-state index >= 15 is 0 Å². The van der Waals surface area contributed by atoms with Gasteiger partial charge in [0.25, 0.3) is 0 Å². The zero-order valence-corrected chi connectivity index (χ0v) is 11.8. The highest BCUT2D eigenvalue weighted by molar-refractivity contribution is 5.93. The van der Waals surface area contributed by atoms with Gasteiger partial charge < -0.3 is 11.1 Å². The van der Waals surface area contributed by atoms with E-state index in [9.17, 15) is 4.79 Å². The molecule has 0 aromatic heterocycles. The highest BCUT2D eigenvalue weighted by Gasteiger charge is 2.26. The van der Waals surface area contributed by atoms with Crippen molar-refractivity contribution in [2.45, 2.75) is 50.6 Å². The average molecular weight is 273 g/mol. The highest BCUT2D eigenvalue weighted by Crippen LogP contribution is 2.31. The lowest BCUT2D eigenvalue weighted by molar-refractivity contribution is 0.242. The van der Waals surface area contributed by atoms with Crippen LogP contribution < -0.4 is 16.0 Å². The second-order valence-corrected chi connectivity index (χ2v) is 5.89. The minimum absolute atomic E-state index is 0.0375. The molecule has 3 rings (SSSR count). The molecule has 108 valence electrons. The van der Waals surface area contributed by atoms with Crippen molar-refractivity contribution in [3.63, 3.8) is 0 Å². The van der Waals surface area contributed by atoms with E-state index in [4.69, 9.17) is 5.73 Å². The molecule has 1 aliphatic heterocycles. The molecule has 3 N–H and O–H groups in total. The Morgan fingerprint density at radius 2 is 1.90 bits per heavy atom. The van der Waals surface area contributed by atoms with Crippen molar-refractivity contribution in [3.05, 3.63) is 29.8 Å². The van der Waals surface area contributed by atoms with Gasteiger partial charge in [0.05, 0.1) is 5.69 Å². The van der Waals surface area contributed by atoms with Gasteiger partial charge in [-0.25, -0.2) is 4.79 Å². The molecule has 0 saturated heterocycles. The zero-order chi connectivity index (χ0) is 13.9. The number of anilines is 1. The first kappa shape index (κ1) is 13.4. The molecule has 0 spiro atoms. The fourth-order valence-electron chi connectivity index (χ4n) is 3.33. The Morgan fingerprint density at radius 1 is 1.15 bits per heavy atom. The zero-order valence-electron chi connectivity index (χ0n) is 11.8. The Kier molecular flexibility index (Phi) is 3.92. The van der Waals surface area contributed by atoms with Crippen LogP contribution in [0.3, 0.4) is 0 Å². The highest BCUT2D eigenvalue weighted by atomic mass is 16.2. The molecule has 20 heavy (non-hydrogen) atoms. The van der Waals surface area contributed by atoms with Crippen LogP contribution in [0.15, 0.2) is 24.3 Å². The second-order valence-electron chi connectivity index (χ2n) is 5.89. The van der Waals surface area contributed by atoms with Crippen molar-refractivity contribution in [2.24, 2.45) is 5.73 Å². The van der Waals surface area contributed by atoms with Crippen molar-refractivity contribution < 1.29 is 4.79 Å². The summed E-state index contributed by atoms with van der Waals surface area (Å²) in [6.07, 6.45) is 6.57. The molecule has 4 nitrogen and oxygen atoms in total. The van der Waals surface area contributed by atoms with E-state index in [2.05, 4.69) is 5.32 Å². The van der Waals surface area contributed by atoms with Crippen molar-refractivity contribution in [1.82, 2.24) is 5.32 Å². The molecule has 1 saturated carbocycles. The third-order valence-corrected chi connectivity index (χ3v) is 4.45. The van der Waals surface area contributed by atoms with Gasteiger partial charge in [0.15, 0.2) is 0 Å². The molecule has 1 aromatic carbocycles. The van der Waals surface area contributed by atoms with Crippen molar-refractivity contribution >= 4 is 11.7 Å². The van der Waals surface area contributed by atoms with Crippen LogP contribution in [-0.2, 0) is 0 Å². The van der Waals surface area contributed by atoms with E-state index in [1.165, 1.54) is 12.8 Å². The topological polar surface area (TPSA) is 58.4 Å². The van der Waals surface area contributed by atoms with Gasteiger partial charge in [-0.2, -0.15) is 0 Å². The van der Waals surface area contributed by atoms with E-state index in [0.29, 0.717) is 6.04 Å². The van der Waals surface area contributed by atoms with Crippen LogP contribution in [0.25, 0.3) is 0 Å². The Labute approximate surface area is 120 Å². The first-order valence-corrected chi connectivity index (χ1v) is 7.68. The summed E-state index contributed by atoms with van der Waals surface area (Å²) in [7, 11) is 0. The molecule has 1 unspecified atom stereocenters. The number of rotatable bonds is 1. The maximum Gasteiger partial charge on any atom is 0.322 e. The molecule has 1 aromatic rings. The smallest absolute Gasteiger partial charge is 0.322 e. The van der Waals surface area contributed by atoms with Crippen molar-refractivity contribution in [1.29, 1.82) is 0 Å². The molecule has 4 heteroatoms.